The van der Waals surface area contributed by atoms with E-state index in [0.717, 1.165) is 27.5 Å². The van der Waals surface area contributed by atoms with Crippen LogP contribution < -0.4 is 10.1 Å². The summed E-state index contributed by atoms with van der Waals surface area (Å²) in [5.74, 6) is 0.708. The number of anilines is 1. The smallest absolute Gasteiger partial charge is 0.250 e. The van der Waals surface area contributed by atoms with Gasteiger partial charge in [0.1, 0.15) is 5.75 Å². The zero-order valence-electron chi connectivity index (χ0n) is 13.7. The summed E-state index contributed by atoms with van der Waals surface area (Å²) in [7, 11) is 1.64. The minimum absolute atomic E-state index is 0.0317. The number of nitrogens with one attached hydrogen (secondary N) is 1. The van der Waals surface area contributed by atoms with Crippen molar-refractivity contribution in [1.29, 1.82) is 0 Å². The average molecular weight is 347 g/mol. The molecule has 3 aromatic rings. The van der Waals surface area contributed by atoms with Gasteiger partial charge < -0.3 is 10.1 Å². The summed E-state index contributed by atoms with van der Waals surface area (Å²) in [5, 5.41) is 3.04. The number of hydrogen-bond acceptors (Lipinski definition) is 3. The van der Waals surface area contributed by atoms with Gasteiger partial charge in [0.05, 0.1) is 7.11 Å². The van der Waals surface area contributed by atoms with E-state index in [4.69, 9.17) is 4.74 Å². The average Bonchev–Trinajstić information content (AvgIpc) is 2.95. The van der Waals surface area contributed by atoms with Gasteiger partial charge in [0, 0.05) is 16.1 Å². The molecule has 0 fully saturated rings. The molecule has 4 heteroatoms. The highest BCUT2D eigenvalue weighted by Gasteiger charge is 2.49. The van der Waals surface area contributed by atoms with E-state index in [9.17, 15) is 4.79 Å². The van der Waals surface area contributed by atoms with Gasteiger partial charge in [-0.15, -0.1) is 0 Å². The third kappa shape index (κ3) is 2.59. The fraction of sp³-hybridized carbons (Fsp3) is 0.0952. The van der Waals surface area contributed by atoms with Crippen molar-refractivity contribution in [3.63, 3.8) is 0 Å². The molecule has 1 amide bonds. The summed E-state index contributed by atoms with van der Waals surface area (Å²) < 4.78 is 4.56. The van der Waals surface area contributed by atoms with E-state index in [1.807, 2.05) is 78.9 Å². The monoisotopic (exact) mass is 347 g/mol. The molecule has 4 rings (SSSR count). The van der Waals surface area contributed by atoms with E-state index in [-0.39, 0.29) is 5.91 Å². The van der Waals surface area contributed by atoms with Crippen molar-refractivity contribution in [3.05, 3.63) is 90.0 Å². The number of hydrogen-bond donors (Lipinski definition) is 1. The van der Waals surface area contributed by atoms with E-state index < -0.39 is 4.75 Å². The van der Waals surface area contributed by atoms with Crippen LogP contribution in [0.5, 0.6) is 5.75 Å². The summed E-state index contributed by atoms with van der Waals surface area (Å²) in [6.45, 7) is 0. The van der Waals surface area contributed by atoms with Crippen molar-refractivity contribution in [2.24, 2.45) is 0 Å². The van der Waals surface area contributed by atoms with Gasteiger partial charge >= 0.3 is 0 Å². The van der Waals surface area contributed by atoms with Gasteiger partial charge in [-0.25, -0.2) is 0 Å². The van der Waals surface area contributed by atoms with E-state index >= 15 is 0 Å². The number of thioether (sulfide) groups is 1. The molecule has 124 valence electrons. The molecular weight excluding hydrogens is 330 g/mol. The van der Waals surface area contributed by atoms with Crippen molar-refractivity contribution in [3.8, 4) is 5.75 Å². The maximum absolute atomic E-state index is 13.2. The minimum Gasteiger partial charge on any atom is -0.497 e. The van der Waals surface area contributed by atoms with Gasteiger partial charge in [-0.3, -0.25) is 4.79 Å². The summed E-state index contributed by atoms with van der Waals surface area (Å²) in [6.07, 6.45) is 0. The van der Waals surface area contributed by atoms with Crippen molar-refractivity contribution >= 4 is 23.4 Å². The fourth-order valence-electron chi connectivity index (χ4n) is 3.17. The van der Waals surface area contributed by atoms with E-state index in [0.29, 0.717) is 0 Å². The number of carbonyl (C=O) groups excluding carboxylic acids is 1. The maximum Gasteiger partial charge on any atom is 0.250 e. The molecule has 1 N–H and O–H groups in total. The van der Waals surface area contributed by atoms with Gasteiger partial charge in [0.15, 0.2) is 4.75 Å². The normalized spacial score (nSPS) is 18.5. The number of carbonyl (C=O) groups is 1. The Morgan fingerprint density at radius 3 is 2.28 bits per heavy atom. The molecule has 3 aromatic carbocycles. The Labute approximate surface area is 151 Å². The van der Waals surface area contributed by atoms with Crippen LogP contribution in [0.15, 0.2) is 83.8 Å². The first-order chi connectivity index (χ1) is 12.2. The summed E-state index contributed by atoms with van der Waals surface area (Å²) >= 11 is 1.55. The molecule has 1 aliphatic heterocycles. The van der Waals surface area contributed by atoms with Crippen LogP contribution in [-0.4, -0.2) is 13.0 Å². The van der Waals surface area contributed by atoms with Crippen LogP contribution >= 0.6 is 11.8 Å². The topological polar surface area (TPSA) is 38.3 Å². The first-order valence-electron chi connectivity index (χ1n) is 8.03. The molecule has 0 unspecified atom stereocenters. The van der Waals surface area contributed by atoms with Gasteiger partial charge in [-0.2, -0.15) is 0 Å². The molecule has 0 aromatic heterocycles. The Balaban J connectivity index is 1.95. The fourth-order valence-corrected chi connectivity index (χ4v) is 4.49. The maximum atomic E-state index is 13.2. The van der Waals surface area contributed by atoms with Crippen LogP contribution in [0.3, 0.4) is 0 Å². The Kier molecular flexibility index (Phi) is 3.98. The van der Waals surface area contributed by atoms with Crippen molar-refractivity contribution in [2.75, 3.05) is 12.4 Å². The predicted molar refractivity (Wildman–Crippen MR) is 101 cm³/mol. The quantitative estimate of drug-likeness (QED) is 0.744. The molecule has 0 bridgehead atoms. The van der Waals surface area contributed by atoms with E-state index in [1.54, 1.807) is 18.9 Å². The van der Waals surface area contributed by atoms with Crippen molar-refractivity contribution in [1.82, 2.24) is 0 Å². The lowest BCUT2D eigenvalue weighted by atomic mass is 9.91. The summed E-state index contributed by atoms with van der Waals surface area (Å²) in [4.78, 5) is 14.2. The lowest BCUT2D eigenvalue weighted by Crippen LogP contribution is -2.32. The van der Waals surface area contributed by atoms with E-state index in [2.05, 4.69) is 5.32 Å². The van der Waals surface area contributed by atoms with Gasteiger partial charge in [0.2, 0.25) is 5.91 Å². The Morgan fingerprint density at radius 2 is 1.60 bits per heavy atom. The summed E-state index contributed by atoms with van der Waals surface area (Å²) in [5.41, 5.74) is 2.71. The van der Waals surface area contributed by atoms with Crippen LogP contribution in [0.2, 0.25) is 0 Å². The second-order valence-electron chi connectivity index (χ2n) is 5.83. The van der Waals surface area contributed by atoms with Gasteiger partial charge in [-0.1, -0.05) is 60.3 Å². The standard InChI is InChI=1S/C21H17NO2S/c1-24-16-12-13-19-18(14-16)21(20(23)22-19,15-8-4-2-5-9-15)25-17-10-6-3-7-11-17/h2-14H,1H3,(H,22,23)/t21-/m1/s1. The Morgan fingerprint density at radius 1 is 0.920 bits per heavy atom. The largest absolute Gasteiger partial charge is 0.497 e. The Hall–Kier alpha value is -2.72. The number of fused-ring (bicyclic) bond motifs is 1. The third-order valence-corrected chi connectivity index (χ3v) is 5.82. The van der Waals surface area contributed by atoms with Crippen molar-refractivity contribution < 1.29 is 9.53 Å². The number of benzene rings is 3. The molecule has 0 radical (unpaired) electrons. The molecule has 0 spiro atoms. The van der Waals surface area contributed by atoms with Crippen LogP contribution in [0, 0.1) is 0 Å². The van der Waals surface area contributed by atoms with Gasteiger partial charge in [0.25, 0.3) is 0 Å². The molecule has 0 saturated heterocycles. The van der Waals surface area contributed by atoms with E-state index in [1.165, 1.54) is 0 Å². The molecule has 3 nitrogen and oxygen atoms in total. The molecule has 25 heavy (non-hydrogen) atoms. The first-order valence-corrected chi connectivity index (χ1v) is 8.85. The van der Waals surface area contributed by atoms with Crippen LogP contribution in [-0.2, 0) is 9.54 Å². The zero-order chi connectivity index (χ0) is 17.3. The molecular formula is C21H17NO2S. The minimum atomic E-state index is -0.841. The van der Waals surface area contributed by atoms with Gasteiger partial charge in [-0.05, 0) is 35.9 Å². The first kappa shape index (κ1) is 15.8. The highest BCUT2D eigenvalue weighted by molar-refractivity contribution is 8.01. The highest BCUT2D eigenvalue weighted by Crippen LogP contribution is 2.53. The predicted octanol–water partition coefficient (Wildman–Crippen LogP) is 4.68. The van der Waals surface area contributed by atoms with Crippen LogP contribution in [0.1, 0.15) is 11.1 Å². The Bertz CT molecular complexity index is 912. The second-order valence-corrected chi connectivity index (χ2v) is 7.12. The van der Waals surface area contributed by atoms with Crippen LogP contribution in [0.4, 0.5) is 5.69 Å². The highest BCUT2D eigenvalue weighted by atomic mass is 32.2. The molecule has 1 atom stereocenters. The van der Waals surface area contributed by atoms with Crippen molar-refractivity contribution in [2.45, 2.75) is 9.64 Å². The molecule has 0 aliphatic carbocycles. The molecule has 0 saturated carbocycles. The zero-order valence-corrected chi connectivity index (χ0v) is 14.5. The SMILES string of the molecule is COc1ccc2c(c1)[C@](Sc1ccccc1)(c1ccccc1)C(=O)N2. The third-order valence-electron chi connectivity index (χ3n) is 4.37. The number of amides is 1. The number of methoxy groups -OCH3 is 1. The van der Waals surface area contributed by atoms with Crippen LogP contribution in [0.25, 0.3) is 0 Å². The number of ether oxygens (including phenoxy) is 1. The second kappa shape index (κ2) is 6.30. The lowest BCUT2D eigenvalue weighted by Gasteiger charge is -2.28. The number of rotatable bonds is 4. The molecule has 1 heterocycles. The lowest BCUT2D eigenvalue weighted by molar-refractivity contribution is -0.117. The summed E-state index contributed by atoms with van der Waals surface area (Å²) in [6, 6.07) is 25.6. The molecule has 1 aliphatic rings.